The molecule has 0 spiro atoms. The molecule has 0 saturated heterocycles. The second-order valence-electron chi connectivity index (χ2n) is 2.34. The average molecular weight is 129 g/mol. The molecule has 0 aliphatic carbocycles. The quantitative estimate of drug-likeness (QED) is 0.526. The molecule has 0 heterocycles. The Morgan fingerprint density at radius 2 is 1.44 bits per heavy atom. The Morgan fingerprint density at radius 3 is 1.44 bits per heavy atom. The fraction of sp³-hybridized carbons (Fsp3) is 0.750. The summed E-state index contributed by atoms with van der Waals surface area (Å²) in [4.78, 5) is 1.97. The van der Waals surface area contributed by atoms with Crippen LogP contribution in [0.5, 0.6) is 0 Å². The van der Waals surface area contributed by atoms with Gasteiger partial charge in [-0.2, -0.15) is 0 Å². The summed E-state index contributed by atoms with van der Waals surface area (Å²) >= 11 is 0. The van der Waals surface area contributed by atoms with E-state index in [9.17, 15) is 0 Å². The van der Waals surface area contributed by atoms with Crippen molar-refractivity contribution in [3.8, 4) is 0 Å². The van der Waals surface area contributed by atoms with Crippen LogP contribution in [-0.4, -0.2) is 19.0 Å². The van der Waals surface area contributed by atoms with Gasteiger partial charge in [-0.25, -0.2) is 0 Å². The third kappa shape index (κ3) is 18.5. The SMILES string of the molecule is C=C(C)N(C)C.CCC. The van der Waals surface area contributed by atoms with Gasteiger partial charge in [0.25, 0.3) is 0 Å². The van der Waals surface area contributed by atoms with Crippen molar-refractivity contribution in [2.45, 2.75) is 27.2 Å². The highest BCUT2D eigenvalue weighted by Gasteiger charge is 1.79. The Balaban J connectivity index is 0. The van der Waals surface area contributed by atoms with Gasteiger partial charge < -0.3 is 4.90 Å². The van der Waals surface area contributed by atoms with E-state index in [1.54, 1.807) is 0 Å². The number of hydrogen-bond donors (Lipinski definition) is 0. The third-order valence-electron chi connectivity index (χ3n) is 0.763. The molecule has 0 aromatic carbocycles. The lowest BCUT2D eigenvalue weighted by Crippen LogP contribution is -2.05. The summed E-state index contributed by atoms with van der Waals surface area (Å²) in [5.74, 6) is 0. The van der Waals surface area contributed by atoms with Crippen molar-refractivity contribution in [3.05, 3.63) is 12.3 Å². The lowest BCUT2D eigenvalue weighted by molar-refractivity contribution is 0.516. The summed E-state index contributed by atoms with van der Waals surface area (Å²) < 4.78 is 0. The molecule has 9 heavy (non-hydrogen) atoms. The minimum atomic E-state index is 1.09. The van der Waals surface area contributed by atoms with Crippen LogP contribution in [0, 0.1) is 0 Å². The summed E-state index contributed by atoms with van der Waals surface area (Å²) in [6.45, 7) is 9.90. The molecule has 0 atom stereocenters. The van der Waals surface area contributed by atoms with Gasteiger partial charge in [-0.05, 0) is 6.92 Å². The second-order valence-corrected chi connectivity index (χ2v) is 2.34. The van der Waals surface area contributed by atoms with Gasteiger partial charge in [-0.15, -0.1) is 0 Å². The largest absolute Gasteiger partial charge is 0.382 e. The molecule has 56 valence electrons. The van der Waals surface area contributed by atoms with Crippen molar-refractivity contribution < 1.29 is 0 Å². The summed E-state index contributed by atoms with van der Waals surface area (Å²) in [6, 6.07) is 0. The van der Waals surface area contributed by atoms with Crippen molar-refractivity contribution in [2.24, 2.45) is 0 Å². The van der Waals surface area contributed by atoms with E-state index in [1.807, 2.05) is 25.9 Å². The Labute approximate surface area is 59.4 Å². The van der Waals surface area contributed by atoms with Gasteiger partial charge in [0.2, 0.25) is 0 Å². The Hall–Kier alpha value is -0.460. The first-order valence-corrected chi connectivity index (χ1v) is 3.39. The Kier molecular flexibility index (Phi) is 9.51. The van der Waals surface area contributed by atoms with E-state index in [2.05, 4.69) is 20.4 Å². The Bertz CT molecular complexity index is 65.0. The number of rotatable bonds is 1. The standard InChI is InChI=1S/C5H11N.C3H8/c1-5(2)6(3)4;1-3-2/h1H2,2-4H3;3H2,1-2H3. The first kappa shape index (κ1) is 11.4. The number of allylic oxidation sites excluding steroid dienone is 1. The van der Waals surface area contributed by atoms with Crippen molar-refractivity contribution in [1.82, 2.24) is 4.90 Å². The van der Waals surface area contributed by atoms with Gasteiger partial charge in [0.1, 0.15) is 0 Å². The molecule has 0 radical (unpaired) electrons. The molecule has 1 nitrogen and oxygen atoms in total. The van der Waals surface area contributed by atoms with Gasteiger partial charge in [-0.1, -0.05) is 26.8 Å². The van der Waals surface area contributed by atoms with Crippen LogP contribution in [0.3, 0.4) is 0 Å². The van der Waals surface area contributed by atoms with E-state index in [-0.39, 0.29) is 0 Å². The van der Waals surface area contributed by atoms with E-state index in [0.717, 1.165) is 5.70 Å². The number of nitrogens with zero attached hydrogens (tertiary/aromatic N) is 1. The van der Waals surface area contributed by atoms with Crippen LogP contribution in [0.4, 0.5) is 0 Å². The highest BCUT2D eigenvalue weighted by molar-refractivity contribution is 4.82. The van der Waals surface area contributed by atoms with Crippen molar-refractivity contribution in [2.75, 3.05) is 14.1 Å². The van der Waals surface area contributed by atoms with Gasteiger partial charge in [0.15, 0.2) is 0 Å². The van der Waals surface area contributed by atoms with Crippen molar-refractivity contribution >= 4 is 0 Å². The van der Waals surface area contributed by atoms with Crippen LogP contribution in [0.25, 0.3) is 0 Å². The molecule has 0 aromatic heterocycles. The lowest BCUT2D eigenvalue weighted by atomic mass is 10.5. The maximum absolute atomic E-state index is 3.68. The monoisotopic (exact) mass is 129 g/mol. The minimum Gasteiger partial charge on any atom is -0.382 e. The minimum absolute atomic E-state index is 1.09. The maximum atomic E-state index is 3.68. The van der Waals surface area contributed by atoms with E-state index in [1.165, 1.54) is 6.42 Å². The van der Waals surface area contributed by atoms with Crippen LogP contribution in [0.2, 0.25) is 0 Å². The molecule has 1 heteroatoms. The van der Waals surface area contributed by atoms with E-state index in [0.29, 0.717) is 0 Å². The van der Waals surface area contributed by atoms with E-state index >= 15 is 0 Å². The van der Waals surface area contributed by atoms with Gasteiger partial charge >= 0.3 is 0 Å². The van der Waals surface area contributed by atoms with Crippen molar-refractivity contribution in [1.29, 1.82) is 0 Å². The van der Waals surface area contributed by atoms with Crippen molar-refractivity contribution in [3.63, 3.8) is 0 Å². The molecule has 0 aliphatic heterocycles. The molecule has 0 saturated carbocycles. The molecule has 0 unspecified atom stereocenters. The zero-order valence-electron chi connectivity index (χ0n) is 7.36. The predicted octanol–water partition coefficient (Wildman–Crippen LogP) is 2.50. The molecular formula is C8H19N. The normalized spacial score (nSPS) is 7.22. The molecule has 0 amide bonds. The van der Waals surface area contributed by atoms with Gasteiger partial charge in [0.05, 0.1) is 0 Å². The summed E-state index contributed by atoms with van der Waals surface area (Å²) in [7, 11) is 3.95. The molecule has 0 N–H and O–H groups in total. The maximum Gasteiger partial charge on any atom is 0.00578 e. The summed E-state index contributed by atoms with van der Waals surface area (Å²) in [5, 5.41) is 0. The third-order valence-corrected chi connectivity index (χ3v) is 0.763. The first-order valence-electron chi connectivity index (χ1n) is 3.39. The molecule has 0 aliphatic rings. The fourth-order valence-electron chi connectivity index (χ4n) is 0. The first-order chi connectivity index (χ1) is 4.06. The molecule has 0 fully saturated rings. The predicted molar refractivity (Wildman–Crippen MR) is 44.5 cm³/mol. The smallest absolute Gasteiger partial charge is 0.00578 e. The van der Waals surface area contributed by atoms with Crippen LogP contribution in [-0.2, 0) is 0 Å². The van der Waals surface area contributed by atoms with Crippen LogP contribution < -0.4 is 0 Å². The molecule has 0 rings (SSSR count). The Morgan fingerprint density at radius 1 is 1.33 bits per heavy atom. The van der Waals surface area contributed by atoms with Gasteiger partial charge in [0, 0.05) is 19.8 Å². The van der Waals surface area contributed by atoms with Crippen LogP contribution in [0.1, 0.15) is 27.2 Å². The zero-order valence-corrected chi connectivity index (χ0v) is 7.36. The molecular weight excluding hydrogens is 110 g/mol. The molecule has 0 aromatic rings. The van der Waals surface area contributed by atoms with Crippen LogP contribution >= 0.6 is 0 Å². The second kappa shape index (κ2) is 7.54. The lowest BCUT2D eigenvalue weighted by Gasteiger charge is -2.08. The summed E-state index contributed by atoms with van der Waals surface area (Å²) in [5.41, 5.74) is 1.09. The van der Waals surface area contributed by atoms with Crippen LogP contribution in [0.15, 0.2) is 12.3 Å². The highest BCUT2D eigenvalue weighted by Crippen LogP contribution is 1.86. The number of hydrogen-bond acceptors (Lipinski definition) is 1. The molecule has 0 bridgehead atoms. The van der Waals surface area contributed by atoms with E-state index < -0.39 is 0 Å². The van der Waals surface area contributed by atoms with Gasteiger partial charge in [-0.3, -0.25) is 0 Å². The highest BCUT2D eigenvalue weighted by atomic mass is 15.1. The average Bonchev–Trinajstić information content (AvgIpc) is 1.68. The summed E-state index contributed by atoms with van der Waals surface area (Å²) in [6.07, 6.45) is 1.25. The fourth-order valence-corrected chi connectivity index (χ4v) is 0. The topological polar surface area (TPSA) is 3.24 Å². The van der Waals surface area contributed by atoms with E-state index in [4.69, 9.17) is 0 Å². The zero-order chi connectivity index (χ0) is 7.86.